The molecule has 2 aromatic rings. The van der Waals surface area contributed by atoms with Crippen LogP contribution < -0.4 is 4.74 Å². The Kier molecular flexibility index (Phi) is 8.22. The van der Waals surface area contributed by atoms with Gasteiger partial charge in [-0.2, -0.15) is 0 Å². The summed E-state index contributed by atoms with van der Waals surface area (Å²) in [5.41, 5.74) is 1.87. The highest BCUT2D eigenvalue weighted by Crippen LogP contribution is 2.40. The van der Waals surface area contributed by atoms with Crippen molar-refractivity contribution in [3.63, 3.8) is 0 Å². The second-order valence-electron chi connectivity index (χ2n) is 9.11. The van der Waals surface area contributed by atoms with Crippen molar-refractivity contribution in [2.24, 2.45) is 0 Å². The number of benzene rings is 2. The van der Waals surface area contributed by atoms with Gasteiger partial charge in [0.05, 0.1) is 12.7 Å². The number of rotatable bonds is 10. The Bertz CT molecular complexity index is 1030. The van der Waals surface area contributed by atoms with E-state index in [4.69, 9.17) is 30.5 Å². The van der Waals surface area contributed by atoms with Crippen LogP contribution in [0.4, 0.5) is 0 Å². The summed E-state index contributed by atoms with van der Waals surface area (Å²) in [7, 11) is 1.29. The van der Waals surface area contributed by atoms with Crippen molar-refractivity contribution < 1.29 is 49.6 Å². The maximum atomic E-state index is 10.7. The van der Waals surface area contributed by atoms with Gasteiger partial charge in [0.2, 0.25) is 5.79 Å². The Balaban J connectivity index is 1.49. The van der Waals surface area contributed by atoms with Crippen LogP contribution in [0.1, 0.15) is 29.5 Å². The molecule has 5 unspecified atom stereocenters. The molecular formula is C25H31ClO10. The SMILES string of the molecule is COC1(c2ccc(Cl)c(Cc3ccc(OCC(O)(O)OC4CC4)cc3)c2)OC(CO)C(O)C(O)C1O. The van der Waals surface area contributed by atoms with Crippen LogP contribution >= 0.6 is 11.6 Å². The van der Waals surface area contributed by atoms with Crippen molar-refractivity contribution in [3.05, 3.63) is 64.2 Å². The molecule has 1 saturated heterocycles. The van der Waals surface area contributed by atoms with Gasteiger partial charge in [-0.05, 0) is 54.7 Å². The number of hydrogen-bond acceptors (Lipinski definition) is 10. The molecule has 5 atom stereocenters. The molecule has 198 valence electrons. The summed E-state index contributed by atoms with van der Waals surface area (Å²) in [4.78, 5) is 0. The standard InChI is InChI=1S/C25H31ClO10/c1-33-25(23(30)22(29)21(28)20(12-27)36-25)16-4-9-19(26)15(11-16)10-14-2-5-17(6-3-14)34-13-24(31,32)35-18-7-8-18/h2-6,9,11,18,20-23,27-32H,7-8,10,12-13H2,1H3. The lowest BCUT2D eigenvalue weighted by Crippen LogP contribution is -2.64. The van der Waals surface area contributed by atoms with E-state index in [9.17, 15) is 30.6 Å². The van der Waals surface area contributed by atoms with E-state index in [1.165, 1.54) is 7.11 Å². The van der Waals surface area contributed by atoms with E-state index in [0.29, 0.717) is 28.3 Å². The molecule has 6 N–H and O–H groups in total. The molecule has 0 bridgehead atoms. The topological polar surface area (TPSA) is 158 Å². The van der Waals surface area contributed by atoms with Crippen LogP contribution in [0.15, 0.2) is 42.5 Å². The molecular weight excluding hydrogens is 496 g/mol. The number of hydrogen-bond donors (Lipinski definition) is 6. The van der Waals surface area contributed by atoms with E-state index < -0.39 is 49.4 Å². The van der Waals surface area contributed by atoms with Gasteiger partial charge in [0.25, 0.3) is 0 Å². The number of methoxy groups -OCH3 is 1. The van der Waals surface area contributed by atoms with Gasteiger partial charge in [-0.3, -0.25) is 0 Å². The summed E-state index contributed by atoms with van der Waals surface area (Å²) in [6.45, 7) is -1.03. The summed E-state index contributed by atoms with van der Waals surface area (Å²) < 4.78 is 21.8. The lowest BCUT2D eigenvalue weighted by Gasteiger charge is -2.47. The fourth-order valence-electron chi connectivity index (χ4n) is 4.18. The molecule has 36 heavy (non-hydrogen) atoms. The van der Waals surface area contributed by atoms with Gasteiger partial charge < -0.3 is 49.6 Å². The molecule has 2 aromatic carbocycles. The molecule has 0 spiro atoms. The smallest absolute Gasteiger partial charge is 0.314 e. The zero-order valence-electron chi connectivity index (χ0n) is 19.7. The third-order valence-electron chi connectivity index (χ3n) is 6.33. The first kappa shape index (κ1) is 27.2. The monoisotopic (exact) mass is 526 g/mol. The van der Waals surface area contributed by atoms with E-state index in [2.05, 4.69) is 0 Å². The zero-order valence-corrected chi connectivity index (χ0v) is 20.4. The second-order valence-corrected chi connectivity index (χ2v) is 9.52. The third kappa shape index (κ3) is 5.84. The average Bonchev–Trinajstić information content (AvgIpc) is 3.67. The third-order valence-corrected chi connectivity index (χ3v) is 6.69. The van der Waals surface area contributed by atoms with Crippen molar-refractivity contribution in [1.29, 1.82) is 0 Å². The number of ether oxygens (including phenoxy) is 4. The lowest BCUT2D eigenvalue weighted by atomic mass is 9.87. The van der Waals surface area contributed by atoms with E-state index >= 15 is 0 Å². The lowest BCUT2D eigenvalue weighted by molar-refractivity contribution is -0.366. The Morgan fingerprint density at radius 1 is 1.06 bits per heavy atom. The Hall–Kier alpha value is -1.83. The van der Waals surface area contributed by atoms with Crippen LogP contribution in [0, 0.1) is 0 Å². The minimum Gasteiger partial charge on any atom is -0.485 e. The molecule has 1 aliphatic carbocycles. The van der Waals surface area contributed by atoms with Gasteiger partial charge in [0.15, 0.2) is 6.61 Å². The normalized spacial score (nSPS) is 28.8. The molecule has 0 aromatic heterocycles. The number of aliphatic hydroxyl groups is 6. The Morgan fingerprint density at radius 3 is 2.36 bits per heavy atom. The first-order chi connectivity index (χ1) is 17.1. The average molecular weight is 527 g/mol. The first-order valence-electron chi connectivity index (χ1n) is 11.6. The fourth-order valence-corrected chi connectivity index (χ4v) is 4.37. The van der Waals surface area contributed by atoms with Crippen LogP contribution in [0.2, 0.25) is 5.02 Å². The van der Waals surface area contributed by atoms with E-state index in [1.807, 2.05) is 0 Å². The van der Waals surface area contributed by atoms with Crippen molar-refractivity contribution in [1.82, 2.24) is 0 Å². The maximum absolute atomic E-state index is 10.7. The van der Waals surface area contributed by atoms with Crippen LogP contribution in [0.5, 0.6) is 5.75 Å². The number of aliphatic hydroxyl groups excluding tert-OH is 4. The van der Waals surface area contributed by atoms with Crippen molar-refractivity contribution in [2.45, 2.75) is 61.5 Å². The summed E-state index contributed by atoms with van der Waals surface area (Å²) in [5, 5.41) is 60.9. The van der Waals surface area contributed by atoms with Crippen molar-refractivity contribution >= 4 is 11.6 Å². The van der Waals surface area contributed by atoms with Gasteiger partial charge in [-0.25, -0.2) is 0 Å². The highest BCUT2D eigenvalue weighted by Gasteiger charge is 2.55. The minimum absolute atomic E-state index is 0.147. The molecule has 2 fully saturated rings. The van der Waals surface area contributed by atoms with Gasteiger partial charge in [0.1, 0.15) is 30.2 Å². The van der Waals surface area contributed by atoms with Crippen LogP contribution in [-0.2, 0) is 26.4 Å². The molecule has 2 aliphatic rings. The molecule has 4 rings (SSSR count). The van der Waals surface area contributed by atoms with Gasteiger partial charge >= 0.3 is 5.97 Å². The molecule has 1 heterocycles. The van der Waals surface area contributed by atoms with Crippen LogP contribution in [0.3, 0.4) is 0 Å². The second kappa shape index (κ2) is 10.9. The summed E-state index contributed by atoms with van der Waals surface area (Å²) in [6, 6.07) is 11.8. The maximum Gasteiger partial charge on any atom is 0.314 e. The van der Waals surface area contributed by atoms with E-state index in [1.54, 1.807) is 42.5 Å². The van der Waals surface area contributed by atoms with Gasteiger partial charge in [-0.15, -0.1) is 0 Å². The van der Waals surface area contributed by atoms with Crippen LogP contribution in [0.25, 0.3) is 0 Å². The molecule has 11 heteroatoms. The molecule has 10 nitrogen and oxygen atoms in total. The highest BCUT2D eigenvalue weighted by atomic mass is 35.5. The predicted octanol–water partition coefficient (Wildman–Crippen LogP) is 0.400. The van der Waals surface area contributed by atoms with Gasteiger partial charge in [-0.1, -0.05) is 29.8 Å². The predicted molar refractivity (Wildman–Crippen MR) is 126 cm³/mol. The molecule has 0 radical (unpaired) electrons. The largest absolute Gasteiger partial charge is 0.485 e. The first-order valence-corrected chi connectivity index (χ1v) is 12.0. The summed E-state index contributed by atoms with van der Waals surface area (Å²) in [6.07, 6.45) is -4.11. The highest BCUT2D eigenvalue weighted by molar-refractivity contribution is 6.31. The van der Waals surface area contributed by atoms with Crippen molar-refractivity contribution in [2.75, 3.05) is 20.3 Å². The van der Waals surface area contributed by atoms with Crippen molar-refractivity contribution in [3.8, 4) is 5.75 Å². The Morgan fingerprint density at radius 2 is 1.75 bits per heavy atom. The molecule has 1 saturated carbocycles. The quantitative estimate of drug-likeness (QED) is 0.239. The fraction of sp³-hybridized carbons (Fsp3) is 0.520. The minimum atomic E-state index is -2.35. The summed E-state index contributed by atoms with van der Waals surface area (Å²) >= 11 is 6.43. The number of halogens is 1. The van der Waals surface area contributed by atoms with Crippen LogP contribution in [-0.4, -0.2) is 87.5 Å². The molecule has 1 aliphatic heterocycles. The van der Waals surface area contributed by atoms with E-state index in [0.717, 1.165) is 18.4 Å². The van der Waals surface area contributed by atoms with Gasteiger partial charge in [0, 0.05) is 17.7 Å². The summed E-state index contributed by atoms with van der Waals surface area (Å²) in [5.74, 6) is -3.77. The zero-order chi connectivity index (χ0) is 26.1. The Labute approximate surface area is 213 Å². The van der Waals surface area contributed by atoms with E-state index in [-0.39, 0.29) is 6.10 Å². The molecule has 0 amide bonds.